The van der Waals surface area contributed by atoms with Gasteiger partial charge in [-0.05, 0) is 42.3 Å². The number of nitrogens with zero attached hydrogens (tertiary/aromatic N) is 1. The monoisotopic (exact) mass is 338 g/mol. The first kappa shape index (κ1) is 15.3. The third kappa shape index (κ3) is 3.70. The zero-order valence-corrected chi connectivity index (χ0v) is 13.5. The molecular weight excluding hydrogens is 319 g/mol. The molecule has 1 N–H and O–H groups in total. The minimum absolute atomic E-state index is 0.216. The summed E-state index contributed by atoms with van der Waals surface area (Å²) in [6.07, 6.45) is 5.30. The Kier molecular flexibility index (Phi) is 5.38. The average molecular weight is 339 g/mol. The number of aromatic nitrogens is 1. The summed E-state index contributed by atoms with van der Waals surface area (Å²) in [6, 6.07) is 7.37. The molecule has 20 heavy (non-hydrogen) atoms. The van der Waals surface area contributed by atoms with E-state index in [0.717, 1.165) is 29.5 Å². The standard InChI is InChI=1S/C16H20BrFN2/c1-3-16(19-4-2)13-7-8-20(11-13)10-12-5-6-14(18)9-15(12)17/h5-9,11,16,19H,3-4,10H2,1-2H3. The number of nitrogens with one attached hydrogen (secondary N) is 1. The van der Waals surface area contributed by atoms with E-state index in [1.54, 1.807) is 0 Å². The van der Waals surface area contributed by atoms with E-state index in [4.69, 9.17) is 0 Å². The van der Waals surface area contributed by atoms with Gasteiger partial charge in [-0.15, -0.1) is 0 Å². The minimum Gasteiger partial charge on any atom is -0.350 e. The van der Waals surface area contributed by atoms with Crippen LogP contribution >= 0.6 is 15.9 Å². The first-order valence-electron chi connectivity index (χ1n) is 6.97. The smallest absolute Gasteiger partial charge is 0.124 e. The largest absolute Gasteiger partial charge is 0.350 e. The molecule has 1 aromatic heterocycles. The molecule has 0 aliphatic heterocycles. The molecule has 0 radical (unpaired) electrons. The maximum Gasteiger partial charge on any atom is 0.124 e. The number of benzene rings is 1. The summed E-state index contributed by atoms with van der Waals surface area (Å²) in [7, 11) is 0. The van der Waals surface area contributed by atoms with E-state index in [9.17, 15) is 4.39 Å². The van der Waals surface area contributed by atoms with Crippen molar-refractivity contribution in [1.29, 1.82) is 0 Å². The van der Waals surface area contributed by atoms with Crippen LogP contribution in [0.5, 0.6) is 0 Å². The molecule has 0 saturated carbocycles. The minimum atomic E-state index is -0.216. The van der Waals surface area contributed by atoms with Crippen LogP contribution in [0.2, 0.25) is 0 Å². The lowest BCUT2D eigenvalue weighted by molar-refractivity contribution is 0.536. The molecule has 4 heteroatoms. The predicted molar refractivity (Wildman–Crippen MR) is 84.3 cm³/mol. The molecule has 0 saturated heterocycles. The molecule has 2 nitrogen and oxygen atoms in total. The summed E-state index contributed by atoms with van der Waals surface area (Å²) in [5.74, 6) is -0.216. The highest BCUT2D eigenvalue weighted by Crippen LogP contribution is 2.21. The van der Waals surface area contributed by atoms with Gasteiger partial charge < -0.3 is 9.88 Å². The van der Waals surface area contributed by atoms with Gasteiger partial charge in [-0.2, -0.15) is 0 Å². The van der Waals surface area contributed by atoms with Gasteiger partial charge in [-0.25, -0.2) is 4.39 Å². The Morgan fingerprint density at radius 2 is 2.10 bits per heavy atom. The second-order valence-electron chi connectivity index (χ2n) is 4.87. The summed E-state index contributed by atoms with van der Waals surface area (Å²) >= 11 is 3.41. The number of rotatable bonds is 6. The third-order valence-electron chi connectivity index (χ3n) is 3.40. The van der Waals surface area contributed by atoms with Gasteiger partial charge in [0.2, 0.25) is 0 Å². The molecule has 0 fully saturated rings. The molecule has 1 unspecified atom stereocenters. The van der Waals surface area contributed by atoms with Gasteiger partial charge >= 0.3 is 0 Å². The van der Waals surface area contributed by atoms with Gasteiger partial charge in [0.15, 0.2) is 0 Å². The summed E-state index contributed by atoms with van der Waals surface area (Å²) < 4.78 is 16.0. The van der Waals surface area contributed by atoms with Crippen LogP contribution in [0.15, 0.2) is 41.1 Å². The van der Waals surface area contributed by atoms with Crippen LogP contribution in [0.25, 0.3) is 0 Å². The van der Waals surface area contributed by atoms with E-state index in [0.29, 0.717) is 6.04 Å². The predicted octanol–water partition coefficient (Wildman–Crippen LogP) is 4.50. The van der Waals surface area contributed by atoms with Crippen molar-refractivity contribution < 1.29 is 4.39 Å². The van der Waals surface area contributed by atoms with Gasteiger partial charge in [0.25, 0.3) is 0 Å². The van der Waals surface area contributed by atoms with Gasteiger partial charge in [0.05, 0.1) is 0 Å². The van der Waals surface area contributed by atoms with Crippen LogP contribution < -0.4 is 5.32 Å². The average Bonchev–Trinajstić information content (AvgIpc) is 2.87. The van der Waals surface area contributed by atoms with Crippen molar-refractivity contribution in [1.82, 2.24) is 9.88 Å². The van der Waals surface area contributed by atoms with E-state index >= 15 is 0 Å². The second-order valence-corrected chi connectivity index (χ2v) is 5.73. The molecule has 0 bridgehead atoms. The van der Waals surface area contributed by atoms with Crippen molar-refractivity contribution in [2.45, 2.75) is 32.9 Å². The summed E-state index contributed by atoms with van der Waals surface area (Å²) in [6.45, 7) is 6.01. The highest BCUT2D eigenvalue weighted by atomic mass is 79.9. The number of halogens is 2. The molecule has 2 aromatic rings. The molecular formula is C16H20BrFN2. The first-order valence-corrected chi connectivity index (χ1v) is 7.76. The zero-order chi connectivity index (χ0) is 14.5. The SMILES string of the molecule is CCNC(CC)c1ccn(Cc2ccc(F)cc2Br)c1. The van der Waals surface area contributed by atoms with Crippen LogP contribution in [-0.2, 0) is 6.54 Å². The molecule has 108 valence electrons. The highest BCUT2D eigenvalue weighted by Gasteiger charge is 2.09. The second kappa shape index (κ2) is 7.04. The Morgan fingerprint density at radius 3 is 2.75 bits per heavy atom. The van der Waals surface area contributed by atoms with Crippen molar-refractivity contribution in [2.75, 3.05) is 6.54 Å². The number of hydrogen-bond acceptors (Lipinski definition) is 1. The van der Waals surface area contributed by atoms with Gasteiger partial charge in [0, 0.05) is 29.5 Å². The summed E-state index contributed by atoms with van der Waals surface area (Å²) in [5, 5.41) is 3.47. The normalized spacial score (nSPS) is 12.6. The maximum absolute atomic E-state index is 13.1. The Morgan fingerprint density at radius 1 is 1.30 bits per heavy atom. The van der Waals surface area contributed by atoms with Crippen LogP contribution in [0.1, 0.15) is 37.4 Å². The first-order chi connectivity index (χ1) is 9.63. The molecule has 0 amide bonds. The fourth-order valence-electron chi connectivity index (χ4n) is 2.35. The summed E-state index contributed by atoms with van der Waals surface area (Å²) in [4.78, 5) is 0. The lowest BCUT2D eigenvalue weighted by Crippen LogP contribution is -2.19. The van der Waals surface area contributed by atoms with E-state index in [1.807, 2.05) is 6.07 Å². The van der Waals surface area contributed by atoms with Crippen LogP contribution in [0.4, 0.5) is 4.39 Å². The van der Waals surface area contributed by atoms with E-state index < -0.39 is 0 Å². The Labute approximate surface area is 128 Å². The van der Waals surface area contributed by atoms with E-state index in [-0.39, 0.29) is 5.82 Å². The third-order valence-corrected chi connectivity index (χ3v) is 4.14. The molecule has 1 heterocycles. The fourth-order valence-corrected chi connectivity index (χ4v) is 2.83. The molecule has 0 aliphatic rings. The molecule has 2 rings (SSSR count). The molecule has 1 aromatic carbocycles. The van der Waals surface area contributed by atoms with E-state index in [2.05, 4.69) is 58.1 Å². The molecule has 0 aliphatic carbocycles. The van der Waals surface area contributed by atoms with Gasteiger partial charge in [-0.3, -0.25) is 0 Å². The number of hydrogen-bond donors (Lipinski definition) is 1. The Balaban J connectivity index is 2.12. The summed E-state index contributed by atoms with van der Waals surface area (Å²) in [5.41, 5.74) is 2.37. The lowest BCUT2D eigenvalue weighted by Gasteiger charge is -2.14. The van der Waals surface area contributed by atoms with Crippen LogP contribution in [0.3, 0.4) is 0 Å². The van der Waals surface area contributed by atoms with Crippen LogP contribution in [-0.4, -0.2) is 11.1 Å². The molecule has 1 atom stereocenters. The van der Waals surface area contributed by atoms with Crippen molar-refractivity contribution >= 4 is 15.9 Å². The van der Waals surface area contributed by atoms with Crippen molar-refractivity contribution in [2.24, 2.45) is 0 Å². The molecule has 0 spiro atoms. The van der Waals surface area contributed by atoms with Crippen LogP contribution in [0, 0.1) is 5.82 Å². The topological polar surface area (TPSA) is 17.0 Å². The maximum atomic E-state index is 13.1. The van der Waals surface area contributed by atoms with E-state index in [1.165, 1.54) is 17.7 Å². The Bertz CT molecular complexity index is 565. The van der Waals surface area contributed by atoms with Crippen molar-refractivity contribution in [3.05, 3.63) is 58.1 Å². The van der Waals surface area contributed by atoms with Gasteiger partial charge in [0.1, 0.15) is 5.82 Å². The quantitative estimate of drug-likeness (QED) is 0.820. The fraction of sp³-hybridized carbons (Fsp3) is 0.375. The zero-order valence-electron chi connectivity index (χ0n) is 11.9. The Hall–Kier alpha value is -1.13. The van der Waals surface area contributed by atoms with Crippen molar-refractivity contribution in [3.63, 3.8) is 0 Å². The lowest BCUT2D eigenvalue weighted by atomic mass is 10.1. The van der Waals surface area contributed by atoms with Crippen molar-refractivity contribution in [3.8, 4) is 0 Å². The van der Waals surface area contributed by atoms with Gasteiger partial charge in [-0.1, -0.05) is 35.8 Å². The highest BCUT2D eigenvalue weighted by molar-refractivity contribution is 9.10.